The minimum Gasteiger partial charge on any atom is -0.491 e. The molecule has 0 saturated heterocycles. The average molecular weight is 539 g/mol. The average Bonchev–Trinajstić information content (AvgIpc) is 3.19. The number of carbonyl (C=O) groups is 1. The maximum absolute atomic E-state index is 13.1. The number of hydrogen-bond acceptors (Lipinski definition) is 5. The first-order chi connectivity index (χ1) is 18.2. The zero-order chi connectivity index (χ0) is 29.0. The van der Waals surface area contributed by atoms with Crippen LogP contribution in [0.5, 0.6) is 11.5 Å². The summed E-state index contributed by atoms with van der Waals surface area (Å²) in [6.07, 6.45) is 2.97. The van der Waals surface area contributed by atoms with Crippen molar-refractivity contribution < 1.29 is 23.7 Å². The van der Waals surface area contributed by atoms with Crippen molar-refractivity contribution in [2.24, 2.45) is 0 Å². The summed E-state index contributed by atoms with van der Waals surface area (Å²) < 4.78 is 23.8. The van der Waals surface area contributed by atoms with Gasteiger partial charge in [0.05, 0.1) is 18.3 Å². The van der Waals surface area contributed by atoms with Crippen LogP contribution in [0.4, 0.5) is 0 Å². The molecule has 0 fully saturated rings. The number of ether oxygens (including phenoxy) is 4. The van der Waals surface area contributed by atoms with Crippen LogP contribution >= 0.6 is 0 Å². The summed E-state index contributed by atoms with van der Waals surface area (Å²) >= 11 is 0. The van der Waals surface area contributed by atoms with E-state index in [0.717, 1.165) is 47.5 Å². The third-order valence-electron chi connectivity index (χ3n) is 7.70. The number of rotatable bonds is 12. The first kappa shape index (κ1) is 31.2. The van der Waals surface area contributed by atoms with E-state index in [1.807, 2.05) is 24.3 Å². The Morgan fingerprint density at radius 2 is 1.54 bits per heavy atom. The normalized spacial score (nSPS) is 16.7. The van der Waals surface area contributed by atoms with Crippen molar-refractivity contribution in [2.45, 2.75) is 117 Å². The summed E-state index contributed by atoms with van der Waals surface area (Å²) in [6.45, 7) is 23.3. The third-order valence-corrected chi connectivity index (χ3v) is 7.70. The van der Waals surface area contributed by atoms with Gasteiger partial charge in [0.1, 0.15) is 24.0 Å². The van der Waals surface area contributed by atoms with E-state index in [1.165, 1.54) is 5.56 Å². The molecule has 0 radical (unpaired) electrons. The van der Waals surface area contributed by atoms with Gasteiger partial charge in [-0.2, -0.15) is 0 Å². The number of hydrogen-bond donors (Lipinski definition) is 0. The molecule has 2 atom stereocenters. The molecule has 0 aliphatic carbocycles. The van der Waals surface area contributed by atoms with Crippen molar-refractivity contribution in [3.63, 3.8) is 0 Å². The largest absolute Gasteiger partial charge is 0.491 e. The Kier molecular flexibility index (Phi) is 9.93. The van der Waals surface area contributed by atoms with Crippen LogP contribution in [0.25, 0.3) is 0 Å². The summed E-state index contributed by atoms with van der Waals surface area (Å²) in [5.41, 5.74) is 3.88. The van der Waals surface area contributed by atoms with Gasteiger partial charge in [-0.1, -0.05) is 79.7 Å². The highest BCUT2D eigenvalue weighted by atomic mass is 16.5. The molecule has 3 rings (SSSR count). The molecule has 0 bridgehead atoms. The molecule has 1 aliphatic rings. The Hall–Kier alpha value is -2.37. The monoisotopic (exact) mass is 538 g/mol. The number of esters is 1. The van der Waals surface area contributed by atoms with Crippen LogP contribution in [-0.2, 0) is 25.1 Å². The van der Waals surface area contributed by atoms with Crippen LogP contribution in [0.2, 0.25) is 0 Å². The molecular formula is C34H50O5. The first-order valence-electron chi connectivity index (χ1n) is 14.5. The molecule has 1 heterocycles. The molecule has 2 aromatic rings. The highest BCUT2D eigenvalue weighted by Crippen LogP contribution is 2.47. The number of benzene rings is 2. The molecule has 0 saturated carbocycles. The first-order valence-corrected chi connectivity index (χ1v) is 14.5. The highest BCUT2D eigenvalue weighted by Gasteiger charge is 2.39. The fraction of sp³-hybridized carbons (Fsp3) is 0.618. The lowest BCUT2D eigenvalue weighted by Crippen LogP contribution is -2.26. The number of fused-ring (bicyclic) bond motifs is 1. The molecular weight excluding hydrogens is 488 g/mol. The van der Waals surface area contributed by atoms with E-state index in [0.29, 0.717) is 19.8 Å². The van der Waals surface area contributed by atoms with Crippen LogP contribution in [0.3, 0.4) is 0 Å². The van der Waals surface area contributed by atoms with Crippen molar-refractivity contribution >= 4 is 5.97 Å². The molecule has 5 nitrogen and oxygen atoms in total. The van der Waals surface area contributed by atoms with Gasteiger partial charge < -0.3 is 18.9 Å². The fourth-order valence-corrected chi connectivity index (χ4v) is 4.68. The standard InChI is InChI=1S/C34H50O5/c1-11-25(17-18-38-34(9,10)12-2)36-19-20-37-26-15-13-23(14-16-26)29-27-21-24(32(3,4)5)22-28(33(6,7)8)30(27)39-31(29)35/h13-16,21-22,25,29H,11-12,17-20H2,1-10H3. The van der Waals surface area contributed by atoms with Gasteiger partial charge in [0.25, 0.3) is 0 Å². The van der Waals surface area contributed by atoms with E-state index >= 15 is 0 Å². The molecule has 2 aromatic carbocycles. The SMILES string of the molecule is CCC(CCOC(C)(C)CC)OCCOc1ccc(C2C(=O)Oc3c2cc(C(C)(C)C)cc3C(C)(C)C)cc1. The topological polar surface area (TPSA) is 54.0 Å². The maximum Gasteiger partial charge on any atom is 0.323 e. The lowest BCUT2D eigenvalue weighted by atomic mass is 9.77. The Morgan fingerprint density at radius 3 is 2.10 bits per heavy atom. The van der Waals surface area contributed by atoms with Gasteiger partial charge in [-0.05, 0) is 67.2 Å². The molecule has 0 amide bonds. The van der Waals surface area contributed by atoms with Crippen LogP contribution in [-0.4, -0.2) is 37.5 Å². The van der Waals surface area contributed by atoms with Gasteiger partial charge in [0, 0.05) is 17.7 Å². The van der Waals surface area contributed by atoms with Gasteiger partial charge in [-0.25, -0.2) is 0 Å². The van der Waals surface area contributed by atoms with E-state index in [4.69, 9.17) is 18.9 Å². The Balaban J connectivity index is 1.64. The van der Waals surface area contributed by atoms with E-state index < -0.39 is 5.92 Å². The summed E-state index contributed by atoms with van der Waals surface area (Å²) in [4.78, 5) is 13.1. The zero-order valence-corrected chi connectivity index (χ0v) is 25.9. The molecule has 1 aliphatic heterocycles. The number of carbonyl (C=O) groups excluding carboxylic acids is 1. The maximum atomic E-state index is 13.1. The van der Waals surface area contributed by atoms with Crippen LogP contribution in [0.15, 0.2) is 36.4 Å². The van der Waals surface area contributed by atoms with Crippen LogP contribution in [0.1, 0.15) is 117 Å². The van der Waals surface area contributed by atoms with Gasteiger partial charge in [0.2, 0.25) is 0 Å². The molecule has 0 N–H and O–H groups in total. The minimum absolute atomic E-state index is 0.0408. The van der Waals surface area contributed by atoms with Gasteiger partial charge in [-0.15, -0.1) is 0 Å². The molecule has 0 aromatic heterocycles. The van der Waals surface area contributed by atoms with E-state index in [9.17, 15) is 4.79 Å². The van der Waals surface area contributed by atoms with Crippen LogP contribution in [0, 0.1) is 0 Å². The minimum atomic E-state index is -0.439. The molecule has 216 valence electrons. The van der Waals surface area contributed by atoms with E-state index in [1.54, 1.807) is 0 Å². The summed E-state index contributed by atoms with van der Waals surface area (Å²) in [7, 11) is 0. The van der Waals surface area contributed by atoms with Crippen molar-refractivity contribution in [1.29, 1.82) is 0 Å². The second-order valence-electron chi connectivity index (χ2n) is 13.4. The third kappa shape index (κ3) is 8.08. The Morgan fingerprint density at radius 1 is 0.872 bits per heavy atom. The quantitative estimate of drug-likeness (QED) is 0.155. The smallest absolute Gasteiger partial charge is 0.323 e. The van der Waals surface area contributed by atoms with E-state index in [2.05, 4.69) is 81.4 Å². The molecule has 0 spiro atoms. The lowest BCUT2D eigenvalue weighted by Gasteiger charge is -2.27. The van der Waals surface area contributed by atoms with Crippen molar-refractivity contribution in [1.82, 2.24) is 0 Å². The Labute approximate surface area is 236 Å². The second kappa shape index (κ2) is 12.4. The van der Waals surface area contributed by atoms with Gasteiger partial charge in [0.15, 0.2) is 0 Å². The van der Waals surface area contributed by atoms with Gasteiger partial charge >= 0.3 is 5.97 Å². The van der Waals surface area contributed by atoms with E-state index in [-0.39, 0.29) is 28.5 Å². The van der Waals surface area contributed by atoms with Gasteiger partial charge in [-0.3, -0.25) is 4.79 Å². The van der Waals surface area contributed by atoms with Crippen LogP contribution < -0.4 is 9.47 Å². The molecule has 39 heavy (non-hydrogen) atoms. The second-order valence-corrected chi connectivity index (χ2v) is 13.4. The predicted octanol–water partition coefficient (Wildman–Crippen LogP) is 8.10. The highest BCUT2D eigenvalue weighted by molar-refractivity contribution is 5.90. The summed E-state index contributed by atoms with van der Waals surface area (Å²) in [6, 6.07) is 12.2. The molecule has 2 unspecified atom stereocenters. The van der Waals surface area contributed by atoms with Crippen molar-refractivity contribution in [3.05, 3.63) is 58.7 Å². The Bertz CT molecular complexity index is 1100. The summed E-state index contributed by atoms with van der Waals surface area (Å²) in [5, 5.41) is 0. The van der Waals surface area contributed by atoms with Crippen molar-refractivity contribution in [2.75, 3.05) is 19.8 Å². The lowest BCUT2D eigenvalue weighted by molar-refractivity contribution is -0.133. The molecule has 5 heteroatoms. The fourth-order valence-electron chi connectivity index (χ4n) is 4.68. The zero-order valence-electron chi connectivity index (χ0n) is 25.9. The summed E-state index contributed by atoms with van der Waals surface area (Å²) in [5.74, 6) is 0.817. The van der Waals surface area contributed by atoms with Crippen molar-refractivity contribution in [3.8, 4) is 11.5 Å². The predicted molar refractivity (Wildman–Crippen MR) is 158 cm³/mol.